The molecule has 0 aromatic heterocycles. The predicted octanol–water partition coefficient (Wildman–Crippen LogP) is 3.25. The zero-order chi connectivity index (χ0) is 15.7. The molecule has 4 nitrogen and oxygen atoms in total. The largest absolute Gasteiger partial charge is 0.382 e. The van der Waals surface area contributed by atoms with Crippen molar-refractivity contribution in [1.82, 2.24) is 10.6 Å². The molecule has 126 valence electrons. The highest BCUT2D eigenvalue weighted by Gasteiger charge is 2.41. The molecule has 1 saturated carbocycles. The second-order valence-corrected chi connectivity index (χ2v) is 6.66. The first-order valence-corrected chi connectivity index (χ1v) is 8.98. The number of rotatable bonds is 9. The highest BCUT2D eigenvalue weighted by atomic mass is 16.5. The zero-order valence-electron chi connectivity index (χ0n) is 14.4. The molecular weight excluding hydrogens is 274 g/mol. The van der Waals surface area contributed by atoms with Gasteiger partial charge < -0.3 is 15.4 Å². The van der Waals surface area contributed by atoms with Gasteiger partial charge in [0.15, 0.2) is 5.96 Å². The predicted molar refractivity (Wildman–Crippen MR) is 93.3 cm³/mol. The summed E-state index contributed by atoms with van der Waals surface area (Å²) in [5.74, 6) is 0.944. The second-order valence-electron chi connectivity index (χ2n) is 6.66. The van der Waals surface area contributed by atoms with Crippen LogP contribution >= 0.6 is 0 Å². The fraction of sp³-hybridized carbons (Fsp3) is 0.833. The number of ether oxygens (including phenoxy) is 1. The summed E-state index contributed by atoms with van der Waals surface area (Å²) in [6.07, 6.45) is 12.7. The third-order valence-electron chi connectivity index (χ3n) is 4.92. The van der Waals surface area contributed by atoms with Crippen LogP contribution < -0.4 is 10.6 Å². The first-order chi connectivity index (χ1) is 10.8. The van der Waals surface area contributed by atoms with Crippen LogP contribution in [0.15, 0.2) is 16.6 Å². The van der Waals surface area contributed by atoms with Crippen molar-refractivity contribution in [3.05, 3.63) is 11.6 Å². The maximum Gasteiger partial charge on any atom is 0.191 e. The Morgan fingerprint density at radius 3 is 2.82 bits per heavy atom. The lowest BCUT2D eigenvalue weighted by atomic mass is 9.97. The molecule has 0 heterocycles. The summed E-state index contributed by atoms with van der Waals surface area (Å²) in [7, 11) is 1.86. The van der Waals surface area contributed by atoms with Gasteiger partial charge in [-0.3, -0.25) is 4.99 Å². The van der Waals surface area contributed by atoms with Crippen LogP contribution in [-0.2, 0) is 4.74 Å². The van der Waals surface area contributed by atoms with Gasteiger partial charge in [0.1, 0.15) is 0 Å². The molecule has 2 aliphatic carbocycles. The third-order valence-corrected chi connectivity index (χ3v) is 4.92. The molecule has 0 aliphatic heterocycles. The Morgan fingerprint density at radius 1 is 1.32 bits per heavy atom. The molecule has 4 heteroatoms. The fourth-order valence-electron chi connectivity index (χ4n) is 3.09. The second kappa shape index (κ2) is 9.19. The average Bonchev–Trinajstić information content (AvgIpc) is 3.32. The number of nitrogens with zero attached hydrogens (tertiary/aromatic N) is 1. The van der Waals surface area contributed by atoms with Crippen LogP contribution in [0.2, 0.25) is 0 Å². The van der Waals surface area contributed by atoms with Gasteiger partial charge >= 0.3 is 0 Å². The Labute approximate surface area is 135 Å². The van der Waals surface area contributed by atoms with Crippen molar-refractivity contribution in [3.8, 4) is 0 Å². The van der Waals surface area contributed by atoms with E-state index in [0.29, 0.717) is 5.41 Å². The smallest absolute Gasteiger partial charge is 0.191 e. The normalized spacial score (nSPS) is 20.5. The lowest BCUT2D eigenvalue weighted by Gasteiger charge is -2.19. The molecule has 2 aliphatic rings. The molecule has 0 radical (unpaired) electrons. The first kappa shape index (κ1) is 17.3. The highest BCUT2D eigenvalue weighted by molar-refractivity contribution is 5.79. The Hall–Kier alpha value is -1.03. The summed E-state index contributed by atoms with van der Waals surface area (Å²) in [6.45, 7) is 5.77. The standard InChI is InChI=1S/C18H33N3O/c1-3-22-14-12-18(10-11-18)15-21-17(19-2)20-13-9-16-7-5-4-6-8-16/h7H,3-6,8-15H2,1-2H3,(H2,19,20,21). The Morgan fingerprint density at radius 2 is 2.18 bits per heavy atom. The van der Waals surface area contributed by atoms with Crippen LogP contribution in [0.5, 0.6) is 0 Å². The van der Waals surface area contributed by atoms with Crippen LogP contribution in [-0.4, -0.2) is 39.3 Å². The minimum Gasteiger partial charge on any atom is -0.382 e. The van der Waals surface area contributed by atoms with Gasteiger partial charge in [-0.05, 0) is 63.7 Å². The average molecular weight is 307 g/mol. The molecule has 0 bridgehead atoms. The number of allylic oxidation sites excluding steroid dienone is 1. The van der Waals surface area contributed by atoms with Crippen LogP contribution in [0.1, 0.15) is 58.3 Å². The molecule has 0 aromatic carbocycles. The minimum absolute atomic E-state index is 0.457. The quantitative estimate of drug-likeness (QED) is 0.297. The van der Waals surface area contributed by atoms with E-state index in [0.717, 1.165) is 45.1 Å². The molecule has 0 spiro atoms. The lowest BCUT2D eigenvalue weighted by Crippen LogP contribution is -2.41. The van der Waals surface area contributed by atoms with Crippen molar-refractivity contribution < 1.29 is 4.74 Å². The number of guanidine groups is 1. The number of hydrogen-bond donors (Lipinski definition) is 2. The zero-order valence-corrected chi connectivity index (χ0v) is 14.4. The van der Waals surface area contributed by atoms with E-state index in [1.165, 1.54) is 38.5 Å². The van der Waals surface area contributed by atoms with Gasteiger partial charge in [0.25, 0.3) is 0 Å². The summed E-state index contributed by atoms with van der Waals surface area (Å²) in [4.78, 5) is 4.34. The maximum absolute atomic E-state index is 5.49. The van der Waals surface area contributed by atoms with Crippen molar-refractivity contribution in [2.45, 2.75) is 58.3 Å². The third kappa shape index (κ3) is 5.99. The van der Waals surface area contributed by atoms with Crippen LogP contribution in [0, 0.1) is 5.41 Å². The SMILES string of the molecule is CCOCCC1(CNC(=NC)NCCC2=CCCCC2)CC1. The van der Waals surface area contributed by atoms with Gasteiger partial charge in [-0.2, -0.15) is 0 Å². The van der Waals surface area contributed by atoms with Gasteiger partial charge in [-0.15, -0.1) is 0 Å². The maximum atomic E-state index is 5.49. The van der Waals surface area contributed by atoms with Crippen LogP contribution in [0.25, 0.3) is 0 Å². The Bertz CT molecular complexity index is 386. The summed E-state index contributed by atoms with van der Waals surface area (Å²) in [6, 6.07) is 0. The summed E-state index contributed by atoms with van der Waals surface area (Å²) < 4.78 is 5.49. The van der Waals surface area contributed by atoms with Crippen molar-refractivity contribution in [2.75, 3.05) is 33.4 Å². The Kier molecular flexibility index (Phi) is 7.23. The molecule has 2 N–H and O–H groups in total. The van der Waals surface area contributed by atoms with Crippen molar-refractivity contribution in [2.24, 2.45) is 10.4 Å². The molecule has 2 rings (SSSR count). The molecule has 22 heavy (non-hydrogen) atoms. The van der Waals surface area contributed by atoms with Gasteiger partial charge in [-0.25, -0.2) is 0 Å². The summed E-state index contributed by atoms with van der Waals surface area (Å²) >= 11 is 0. The fourth-order valence-corrected chi connectivity index (χ4v) is 3.09. The van der Waals surface area contributed by atoms with Gasteiger partial charge in [0.2, 0.25) is 0 Å². The van der Waals surface area contributed by atoms with Crippen LogP contribution in [0.4, 0.5) is 0 Å². The number of hydrogen-bond acceptors (Lipinski definition) is 2. The molecule has 0 saturated heterocycles. The van der Waals surface area contributed by atoms with E-state index >= 15 is 0 Å². The van der Waals surface area contributed by atoms with Gasteiger partial charge in [-0.1, -0.05) is 11.6 Å². The molecule has 0 atom stereocenters. The summed E-state index contributed by atoms with van der Waals surface area (Å²) in [5, 5.41) is 6.95. The first-order valence-electron chi connectivity index (χ1n) is 8.98. The molecule has 0 amide bonds. The van der Waals surface area contributed by atoms with Crippen molar-refractivity contribution in [1.29, 1.82) is 0 Å². The summed E-state index contributed by atoms with van der Waals surface area (Å²) in [5.41, 5.74) is 2.07. The molecule has 1 fully saturated rings. The van der Waals surface area contributed by atoms with Gasteiger partial charge in [0.05, 0.1) is 0 Å². The minimum atomic E-state index is 0.457. The van der Waals surface area contributed by atoms with E-state index in [1.54, 1.807) is 5.57 Å². The Balaban J connectivity index is 1.62. The van der Waals surface area contributed by atoms with E-state index in [4.69, 9.17) is 4.74 Å². The van der Waals surface area contributed by atoms with Gasteiger partial charge in [0, 0.05) is 33.4 Å². The van der Waals surface area contributed by atoms with E-state index in [1.807, 2.05) is 7.05 Å². The van der Waals surface area contributed by atoms with E-state index in [9.17, 15) is 0 Å². The van der Waals surface area contributed by atoms with E-state index in [2.05, 4.69) is 28.6 Å². The molecular formula is C18H33N3O. The molecule has 0 aromatic rings. The molecule has 0 unspecified atom stereocenters. The van der Waals surface area contributed by atoms with Crippen molar-refractivity contribution >= 4 is 5.96 Å². The lowest BCUT2D eigenvalue weighted by molar-refractivity contribution is 0.128. The number of aliphatic imine (C=N–C) groups is 1. The van der Waals surface area contributed by atoms with Crippen molar-refractivity contribution in [3.63, 3.8) is 0 Å². The number of nitrogens with one attached hydrogen (secondary N) is 2. The van der Waals surface area contributed by atoms with Crippen LogP contribution in [0.3, 0.4) is 0 Å². The topological polar surface area (TPSA) is 45.6 Å². The van der Waals surface area contributed by atoms with E-state index in [-0.39, 0.29) is 0 Å². The monoisotopic (exact) mass is 307 g/mol. The highest BCUT2D eigenvalue weighted by Crippen LogP contribution is 2.48. The van der Waals surface area contributed by atoms with E-state index < -0.39 is 0 Å².